The van der Waals surface area contributed by atoms with Gasteiger partial charge < -0.3 is 14.4 Å². The fourth-order valence-corrected chi connectivity index (χ4v) is 3.20. The van der Waals surface area contributed by atoms with Crippen LogP contribution in [0.15, 0.2) is 24.3 Å². The van der Waals surface area contributed by atoms with Crippen LogP contribution in [0.3, 0.4) is 0 Å². The van der Waals surface area contributed by atoms with E-state index < -0.39 is 0 Å². The summed E-state index contributed by atoms with van der Waals surface area (Å²) in [7, 11) is 1.64. The summed E-state index contributed by atoms with van der Waals surface area (Å²) >= 11 is 0. The topological polar surface area (TPSA) is 42.0 Å². The molecule has 2 aliphatic heterocycles. The number of ether oxygens (including phenoxy) is 2. The van der Waals surface area contributed by atoms with Gasteiger partial charge in [-0.05, 0) is 37.4 Å². The van der Waals surface area contributed by atoms with Gasteiger partial charge in [0.05, 0.1) is 19.3 Å². The lowest BCUT2D eigenvalue weighted by atomic mass is 10.0. The van der Waals surface area contributed by atoms with Crippen LogP contribution in [-0.2, 0) is 9.53 Å². The minimum atomic E-state index is 0.151. The lowest BCUT2D eigenvalue weighted by Crippen LogP contribution is -2.50. The van der Waals surface area contributed by atoms with Gasteiger partial charge in [-0.15, -0.1) is 0 Å². The SMILES string of the molecule is COc1ccccc1N1CCN(CCC2CCOC2)CC1=O. The van der Waals surface area contributed by atoms with Gasteiger partial charge in [-0.25, -0.2) is 0 Å². The van der Waals surface area contributed by atoms with Gasteiger partial charge in [-0.3, -0.25) is 9.69 Å². The minimum Gasteiger partial charge on any atom is -0.495 e. The van der Waals surface area contributed by atoms with Gasteiger partial charge in [-0.2, -0.15) is 0 Å². The fraction of sp³-hybridized carbons (Fsp3) is 0.588. The highest BCUT2D eigenvalue weighted by molar-refractivity contribution is 5.96. The van der Waals surface area contributed by atoms with Gasteiger partial charge in [0.2, 0.25) is 5.91 Å². The standard InChI is InChI=1S/C17H24N2O3/c1-21-16-5-3-2-4-15(16)19-10-9-18(12-17(19)20)8-6-14-7-11-22-13-14/h2-5,14H,6-13H2,1H3. The molecule has 0 aliphatic carbocycles. The van der Waals surface area contributed by atoms with Crippen LogP contribution in [0, 0.1) is 5.92 Å². The molecule has 3 rings (SSSR count). The van der Waals surface area contributed by atoms with E-state index in [-0.39, 0.29) is 5.91 Å². The molecule has 0 radical (unpaired) electrons. The first-order valence-corrected chi connectivity index (χ1v) is 8.01. The minimum absolute atomic E-state index is 0.151. The van der Waals surface area contributed by atoms with Crippen LogP contribution in [-0.4, -0.2) is 57.3 Å². The Morgan fingerprint density at radius 3 is 2.91 bits per heavy atom. The summed E-state index contributed by atoms with van der Waals surface area (Å²) in [5.74, 6) is 1.58. The van der Waals surface area contributed by atoms with Crippen molar-refractivity contribution in [2.75, 3.05) is 51.4 Å². The zero-order chi connectivity index (χ0) is 15.4. The largest absolute Gasteiger partial charge is 0.495 e. The first-order valence-electron chi connectivity index (χ1n) is 8.01. The molecule has 1 amide bonds. The van der Waals surface area contributed by atoms with Crippen LogP contribution in [0.25, 0.3) is 0 Å². The van der Waals surface area contributed by atoms with E-state index in [1.54, 1.807) is 7.11 Å². The van der Waals surface area contributed by atoms with E-state index in [2.05, 4.69) is 4.90 Å². The van der Waals surface area contributed by atoms with E-state index in [1.165, 1.54) is 0 Å². The molecule has 5 heteroatoms. The molecule has 0 aromatic heterocycles. The summed E-state index contributed by atoms with van der Waals surface area (Å²) in [6.07, 6.45) is 2.29. The molecule has 1 aromatic carbocycles. The fourth-order valence-electron chi connectivity index (χ4n) is 3.20. The first-order chi connectivity index (χ1) is 10.8. The third-order valence-electron chi connectivity index (χ3n) is 4.55. The number of methoxy groups -OCH3 is 1. The molecule has 2 heterocycles. The molecule has 2 aliphatic rings. The van der Waals surface area contributed by atoms with Crippen molar-refractivity contribution >= 4 is 11.6 Å². The summed E-state index contributed by atoms with van der Waals surface area (Å²) in [5, 5.41) is 0. The molecule has 5 nitrogen and oxygen atoms in total. The van der Waals surface area contributed by atoms with Crippen LogP contribution >= 0.6 is 0 Å². The Balaban J connectivity index is 1.56. The monoisotopic (exact) mass is 304 g/mol. The molecule has 22 heavy (non-hydrogen) atoms. The quantitative estimate of drug-likeness (QED) is 0.831. The molecular formula is C17H24N2O3. The van der Waals surface area contributed by atoms with Crippen molar-refractivity contribution in [2.45, 2.75) is 12.8 Å². The van der Waals surface area contributed by atoms with Gasteiger partial charge in [-0.1, -0.05) is 12.1 Å². The maximum atomic E-state index is 12.5. The Morgan fingerprint density at radius 2 is 2.18 bits per heavy atom. The van der Waals surface area contributed by atoms with Gasteiger partial charge >= 0.3 is 0 Å². The predicted molar refractivity (Wildman–Crippen MR) is 85.3 cm³/mol. The van der Waals surface area contributed by atoms with E-state index >= 15 is 0 Å². The van der Waals surface area contributed by atoms with Gasteiger partial charge in [0.1, 0.15) is 5.75 Å². The zero-order valence-corrected chi connectivity index (χ0v) is 13.2. The smallest absolute Gasteiger partial charge is 0.241 e. The Labute approximate surface area is 131 Å². The molecule has 0 saturated carbocycles. The molecule has 1 atom stereocenters. The van der Waals surface area contributed by atoms with Crippen LogP contribution < -0.4 is 9.64 Å². The van der Waals surface area contributed by atoms with Gasteiger partial charge in [0.25, 0.3) is 0 Å². The number of hydrogen-bond donors (Lipinski definition) is 0. The van der Waals surface area contributed by atoms with Crippen molar-refractivity contribution in [3.63, 3.8) is 0 Å². The number of para-hydroxylation sites is 2. The molecule has 1 aromatic rings. The molecule has 2 fully saturated rings. The number of anilines is 1. The highest BCUT2D eigenvalue weighted by atomic mass is 16.5. The average Bonchev–Trinajstić information content (AvgIpc) is 3.06. The number of nitrogens with zero attached hydrogens (tertiary/aromatic N) is 2. The molecule has 1 unspecified atom stereocenters. The van der Waals surface area contributed by atoms with E-state index in [9.17, 15) is 4.79 Å². The molecule has 0 spiro atoms. The van der Waals surface area contributed by atoms with Crippen LogP contribution in [0.4, 0.5) is 5.69 Å². The summed E-state index contributed by atoms with van der Waals surface area (Å²) in [5.41, 5.74) is 0.874. The molecule has 120 valence electrons. The van der Waals surface area contributed by atoms with E-state index in [1.807, 2.05) is 29.2 Å². The van der Waals surface area contributed by atoms with Crippen molar-refractivity contribution in [3.05, 3.63) is 24.3 Å². The Hall–Kier alpha value is -1.59. The maximum Gasteiger partial charge on any atom is 0.241 e. The summed E-state index contributed by atoms with van der Waals surface area (Å²) < 4.78 is 10.8. The number of amides is 1. The van der Waals surface area contributed by atoms with Gasteiger partial charge in [0.15, 0.2) is 0 Å². The Morgan fingerprint density at radius 1 is 1.32 bits per heavy atom. The lowest BCUT2D eigenvalue weighted by Gasteiger charge is -2.35. The lowest BCUT2D eigenvalue weighted by molar-refractivity contribution is -0.121. The molecular weight excluding hydrogens is 280 g/mol. The number of benzene rings is 1. The van der Waals surface area contributed by atoms with Crippen molar-refractivity contribution in [3.8, 4) is 5.75 Å². The second kappa shape index (κ2) is 7.11. The van der Waals surface area contributed by atoms with Crippen molar-refractivity contribution in [1.29, 1.82) is 0 Å². The van der Waals surface area contributed by atoms with Crippen molar-refractivity contribution < 1.29 is 14.3 Å². The van der Waals surface area contributed by atoms with E-state index in [0.29, 0.717) is 12.5 Å². The normalized spacial score (nSPS) is 23.0. The molecule has 2 saturated heterocycles. The number of carbonyl (C=O) groups excluding carboxylic acids is 1. The number of carbonyl (C=O) groups is 1. The predicted octanol–water partition coefficient (Wildman–Crippen LogP) is 1.77. The summed E-state index contributed by atoms with van der Waals surface area (Å²) in [6.45, 7) is 4.89. The third-order valence-corrected chi connectivity index (χ3v) is 4.55. The van der Waals surface area contributed by atoms with Gasteiger partial charge in [0, 0.05) is 26.3 Å². The van der Waals surface area contributed by atoms with E-state index in [0.717, 1.165) is 57.1 Å². The highest BCUT2D eigenvalue weighted by Gasteiger charge is 2.27. The summed E-state index contributed by atoms with van der Waals surface area (Å²) in [4.78, 5) is 16.6. The number of piperazine rings is 1. The Kier molecular flexibility index (Phi) is 4.95. The Bertz CT molecular complexity index is 514. The number of hydrogen-bond acceptors (Lipinski definition) is 4. The van der Waals surface area contributed by atoms with Crippen molar-refractivity contribution in [1.82, 2.24) is 4.90 Å². The summed E-state index contributed by atoms with van der Waals surface area (Å²) in [6, 6.07) is 7.71. The van der Waals surface area contributed by atoms with Crippen LogP contribution in [0.5, 0.6) is 5.75 Å². The second-order valence-electron chi connectivity index (χ2n) is 6.01. The average molecular weight is 304 g/mol. The molecule has 0 bridgehead atoms. The highest BCUT2D eigenvalue weighted by Crippen LogP contribution is 2.29. The van der Waals surface area contributed by atoms with E-state index in [4.69, 9.17) is 9.47 Å². The zero-order valence-electron chi connectivity index (χ0n) is 13.2. The molecule has 0 N–H and O–H groups in total. The van der Waals surface area contributed by atoms with Crippen molar-refractivity contribution in [2.24, 2.45) is 5.92 Å². The number of rotatable bonds is 5. The van der Waals surface area contributed by atoms with Crippen LogP contribution in [0.1, 0.15) is 12.8 Å². The third kappa shape index (κ3) is 3.42. The second-order valence-corrected chi connectivity index (χ2v) is 6.01. The first kappa shape index (κ1) is 15.3. The maximum absolute atomic E-state index is 12.5. The van der Waals surface area contributed by atoms with Crippen LogP contribution in [0.2, 0.25) is 0 Å².